The molecule has 0 saturated carbocycles. The Morgan fingerprint density at radius 2 is 2.11 bits per heavy atom. The van der Waals surface area contributed by atoms with E-state index in [1.54, 1.807) is 0 Å². The van der Waals surface area contributed by atoms with Gasteiger partial charge in [0.05, 0.1) is 0 Å². The van der Waals surface area contributed by atoms with Crippen molar-refractivity contribution in [3.8, 4) is 11.5 Å². The number of rotatable bonds is 2. The molecule has 2 unspecified atom stereocenters. The average molecular weight is 286 g/mol. The van der Waals surface area contributed by atoms with Gasteiger partial charge in [0, 0.05) is 18.6 Å². The number of nitrogens with zero attached hydrogens (tertiary/aromatic N) is 1. The number of hydrogen-bond donors (Lipinski definition) is 1. The Labute approximate surface area is 119 Å². The monoisotopic (exact) mass is 285 g/mol. The molecular weight excluding hydrogens is 266 g/mol. The number of fused-ring (bicyclic) bond motifs is 1. The van der Waals surface area contributed by atoms with Crippen LogP contribution in [0.3, 0.4) is 0 Å². The smallest absolute Gasteiger partial charge is 0.231 e. The fourth-order valence-corrected chi connectivity index (χ4v) is 3.07. The van der Waals surface area contributed by atoms with E-state index in [0.29, 0.717) is 12.7 Å². The van der Waals surface area contributed by atoms with Crippen molar-refractivity contribution in [2.24, 2.45) is 5.92 Å². The summed E-state index contributed by atoms with van der Waals surface area (Å²) in [7, 11) is 2.12. The third kappa shape index (κ3) is 2.66. The summed E-state index contributed by atoms with van der Waals surface area (Å²) in [5.41, 5.74) is 1.21. The van der Waals surface area contributed by atoms with E-state index in [9.17, 15) is 5.11 Å². The molecule has 3 rings (SSSR count). The fraction of sp³-hybridized carbons (Fsp3) is 0.571. The predicted octanol–water partition coefficient (Wildman–Crippen LogP) is 2.21. The van der Waals surface area contributed by atoms with Crippen molar-refractivity contribution >= 4 is 12.4 Å². The second-order valence-electron chi connectivity index (χ2n) is 5.12. The standard InChI is InChI=1S/C14H19NO3.ClH/c1-15-6-2-3-11(8-16)14(15)10-4-5-12-13(7-10)18-9-17-12;/h4-5,7,11,14,16H,2-3,6,8-9H2,1H3;1H. The molecule has 0 bridgehead atoms. The van der Waals surface area contributed by atoms with Gasteiger partial charge in [-0.25, -0.2) is 0 Å². The molecule has 4 nitrogen and oxygen atoms in total. The third-order valence-corrected chi connectivity index (χ3v) is 3.98. The molecule has 1 saturated heterocycles. The average Bonchev–Trinajstić information content (AvgIpc) is 2.85. The lowest BCUT2D eigenvalue weighted by Crippen LogP contribution is -2.37. The highest BCUT2D eigenvalue weighted by molar-refractivity contribution is 5.85. The van der Waals surface area contributed by atoms with Gasteiger partial charge in [-0.2, -0.15) is 0 Å². The molecule has 0 spiro atoms. The van der Waals surface area contributed by atoms with Gasteiger partial charge in [0.2, 0.25) is 6.79 Å². The van der Waals surface area contributed by atoms with E-state index in [1.165, 1.54) is 5.56 Å². The zero-order valence-electron chi connectivity index (χ0n) is 11.0. The highest BCUT2D eigenvalue weighted by atomic mass is 35.5. The summed E-state index contributed by atoms with van der Waals surface area (Å²) in [5.74, 6) is 1.95. The van der Waals surface area contributed by atoms with E-state index in [0.717, 1.165) is 30.9 Å². The first-order valence-corrected chi connectivity index (χ1v) is 6.50. The first kappa shape index (κ1) is 14.4. The van der Waals surface area contributed by atoms with E-state index in [1.807, 2.05) is 6.07 Å². The van der Waals surface area contributed by atoms with Crippen LogP contribution in [0.15, 0.2) is 18.2 Å². The van der Waals surface area contributed by atoms with E-state index >= 15 is 0 Å². The number of hydrogen-bond acceptors (Lipinski definition) is 4. The first-order chi connectivity index (χ1) is 8.79. The Bertz CT molecular complexity index is 441. The highest BCUT2D eigenvalue weighted by Crippen LogP contribution is 2.40. The number of ether oxygens (including phenoxy) is 2. The fourth-order valence-electron chi connectivity index (χ4n) is 3.07. The molecule has 1 aromatic rings. The zero-order chi connectivity index (χ0) is 12.5. The molecule has 0 aromatic heterocycles. The molecule has 1 N–H and O–H groups in total. The Balaban J connectivity index is 0.00000133. The maximum absolute atomic E-state index is 9.55. The van der Waals surface area contributed by atoms with Crippen LogP contribution in [-0.2, 0) is 0 Å². The SMILES string of the molecule is CN1CCCC(CO)C1c1ccc2c(c1)OCO2.Cl. The summed E-state index contributed by atoms with van der Waals surface area (Å²) in [6.07, 6.45) is 2.24. The molecule has 19 heavy (non-hydrogen) atoms. The highest BCUT2D eigenvalue weighted by Gasteiger charge is 2.31. The second-order valence-corrected chi connectivity index (χ2v) is 5.12. The molecule has 5 heteroatoms. The molecule has 1 fully saturated rings. The summed E-state index contributed by atoms with van der Waals surface area (Å²) >= 11 is 0. The van der Waals surface area contributed by atoms with Crippen molar-refractivity contribution in [1.29, 1.82) is 0 Å². The third-order valence-electron chi connectivity index (χ3n) is 3.98. The number of aliphatic hydroxyl groups excluding tert-OH is 1. The van der Waals surface area contributed by atoms with Gasteiger partial charge >= 0.3 is 0 Å². The minimum absolute atomic E-state index is 0. The normalized spacial score (nSPS) is 26.0. The maximum atomic E-state index is 9.55. The molecule has 2 heterocycles. The van der Waals surface area contributed by atoms with Crippen LogP contribution >= 0.6 is 12.4 Å². The van der Waals surface area contributed by atoms with Crippen LogP contribution in [0.1, 0.15) is 24.4 Å². The van der Waals surface area contributed by atoms with Crippen molar-refractivity contribution in [1.82, 2.24) is 4.90 Å². The minimum atomic E-state index is 0. The summed E-state index contributed by atoms with van der Waals surface area (Å²) < 4.78 is 10.8. The summed E-state index contributed by atoms with van der Waals surface area (Å²) in [5, 5.41) is 9.55. The number of likely N-dealkylation sites (tertiary alicyclic amines) is 1. The minimum Gasteiger partial charge on any atom is -0.454 e. The predicted molar refractivity (Wildman–Crippen MR) is 75.0 cm³/mol. The van der Waals surface area contributed by atoms with Gasteiger partial charge in [-0.05, 0) is 44.1 Å². The van der Waals surface area contributed by atoms with Crippen molar-refractivity contribution in [2.45, 2.75) is 18.9 Å². The van der Waals surface area contributed by atoms with Crippen LogP contribution in [0.4, 0.5) is 0 Å². The number of benzene rings is 1. The molecule has 2 aliphatic rings. The molecule has 2 atom stereocenters. The van der Waals surface area contributed by atoms with Crippen molar-refractivity contribution in [3.63, 3.8) is 0 Å². The van der Waals surface area contributed by atoms with E-state index in [4.69, 9.17) is 9.47 Å². The molecule has 1 aromatic carbocycles. The van der Waals surface area contributed by atoms with Gasteiger partial charge in [-0.15, -0.1) is 12.4 Å². The van der Waals surface area contributed by atoms with Crippen molar-refractivity contribution in [3.05, 3.63) is 23.8 Å². The van der Waals surface area contributed by atoms with Crippen LogP contribution in [-0.4, -0.2) is 37.0 Å². The lowest BCUT2D eigenvalue weighted by Gasteiger charge is -2.38. The largest absolute Gasteiger partial charge is 0.454 e. The number of halogens is 1. The van der Waals surface area contributed by atoms with E-state index < -0.39 is 0 Å². The van der Waals surface area contributed by atoms with E-state index in [2.05, 4.69) is 24.1 Å². The lowest BCUT2D eigenvalue weighted by atomic mass is 9.85. The summed E-state index contributed by atoms with van der Waals surface area (Å²) in [6, 6.07) is 6.38. The Morgan fingerprint density at radius 1 is 1.32 bits per heavy atom. The second kappa shape index (κ2) is 5.99. The number of piperidine rings is 1. The van der Waals surface area contributed by atoms with Crippen LogP contribution in [0.25, 0.3) is 0 Å². The summed E-state index contributed by atoms with van der Waals surface area (Å²) in [6.45, 7) is 1.63. The molecule has 106 valence electrons. The van der Waals surface area contributed by atoms with Gasteiger partial charge in [-0.3, -0.25) is 4.90 Å². The van der Waals surface area contributed by atoms with Gasteiger partial charge < -0.3 is 14.6 Å². The Kier molecular flexibility index (Phi) is 4.55. The molecule has 2 aliphatic heterocycles. The first-order valence-electron chi connectivity index (χ1n) is 6.50. The van der Waals surface area contributed by atoms with E-state index in [-0.39, 0.29) is 25.1 Å². The molecular formula is C14H20ClNO3. The van der Waals surface area contributed by atoms with Gasteiger partial charge in [0.25, 0.3) is 0 Å². The lowest BCUT2D eigenvalue weighted by molar-refractivity contribution is 0.0741. The van der Waals surface area contributed by atoms with Gasteiger partial charge in [0.15, 0.2) is 11.5 Å². The topological polar surface area (TPSA) is 41.9 Å². The van der Waals surface area contributed by atoms with Gasteiger partial charge in [0.1, 0.15) is 0 Å². The van der Waals surface area contributed by atoms with Crippen LogP contribution in [0.2, 0.25) is 0 Å². The Hall–Kier alpha value is -0.970. The molecule has 0 aliphatic carbocycles. The Morgan fingerprint density at radius 3 is 2.89 bits per heavy atom. The van der Waals surface area contributed by atoms with Gasteiger partial charge in [-0.1, -0.05) is 6.07 Å². The summed E-state index contributed by atoms with van der Waals surface area (Å²) in [4.78, 5) is 2.32. The van der Waals surface area contributed by atoms with Crippen LogP contribution in [0.5, 0.6) is 11.5 Å². The number of aliphatic hydroxyl groups is 1. The molecule has 0 amide bonds. The maximum Gasteiger partial charge on any atom is 0.231 e. The molecule has 0 radical (unpaired) electrons. The quantitative estimate of drug-likeness (QED) is 0.905. The van der Waals surface area contributed by atoms with Crippen molar-refractivity contribution < 1.29 is 14.6 Å². The van der Waals surface area contributed by atoms with Crippen molar-refractivity contribution in [2.75, 3.05) is 27.0 Å². The zero-order valence-corrected chi connectivity index (χ0v) is 11.9. The van der Waals surface area contributed by atoms with Crippen LogP contribution in [0, 0.1) is 5.92 Å². The van der Waals surface area contributed by atoms with Crippen LogP contribution < -0.4 is 9.47 Å².